The van der Waals surface area contributed by atoms with E-state index < -0.39 is 0 Å². The molecule has 0 aliphatic carbocycles. The fourth-order valence-corrected chi connectivity index (χ4v) is 0.895. The van der Waals surface area contributed by atoms with Crippen LogP contribution in [0.1, 0.15) is 11.1 Å². The van der Waals surface area contributed by atoms with E-state index in [0.717, 1.165) is 0 Å². The zero-order valence-corrected chi connectivity index (χ0v) is 6.99. The molecule has 5 nitrogen and oxygen atoms in total. The van der Waals surface area contributed by atoms with Crippen molar-refractivity contribution in [2.75, 3.05) is 0 Å². The predicted molar refractivity (Wildman–Crippen MR) is 52.4 cm³/mol. The lowest BCUT2D eigenvalue weighted by atomic mass is 10.1. The molecule has 1 aromatic carbocycles. The van der Waals surface area contributed by atoms with Gasteiger partial charge in [-0.15, -0.1) is 0 Å². The van der Waals surface area contributed by atoms with Gasteiger partial charge in [-0.2, -0.15) is 5.10 Å². The minimum atomic E-state index is 0.0230. The Labute approximate surface area is 75.7 Å². The number of hydrogen-bond acceptors (Lipinski definition) is 3. The Morgan fingerprint density at radius 2 is 1.54 bits per heavy atom. The minimum Gasteiger partial charge on any atom is -0.384 e. The summed E-state index contributed by atoms with van der Waals surface area (Å²) >= 11 is 0. The molecule has 0 aromatic heterocycles. The second kappa shape index (κ2) is 3.57. The van der Waals surface area contributed by atoms with Crippen molar-refractivity contribution in [1.29, 1.82) is 5.41 Å². The van der Waals surface area contributed by atoms with Crippen LogP contribution >= 0.6 is 0 Å². The van der Waals surface area contributed by atoms with Crippen LogP contribution < -0.4 is 17.3 Å². The van der Waals surface area contributed by atoms with Gasteiger partial charge in [0.15, 0.2) is 0 Å². The zero-order chi connectivity index (χ0) is 9.84. The first-order chi connectivity index (χ1) is 6.15. The van der Waals surface area contributed by atoms with Crippen molar-refractivity contribution in [2.24, 2.45) is 22.4 Å². The molecule has 7 N–H and O–H groups in total. The van der Waals surface area contributed by atoms with Crippen molar-refractivity contribution in [2.45, 2.75) is 0 Å². The van der Waals surface area contributed by atoms with Crippen LogP contribution in [0.15, 0.2) is 29.4 Å². The highest BCUT2D eigenvalue weighted by atomic mass is 15.1. The Morgan fingerprint density at radius 3 is 1.92 bits per heavy atom. The summed E-state index contributed by atoms with van der Waals surface area (Å²) in [5, 5.41) is 10.5. The van der Waals surface area contributed by atoms with E-state index in [0.29, 0.717) is 11.1 Å². The molecule has 13 heavy (non-hydrogen) atoms. The lowest BCUT2D eigenvalue weighted by Gasteiger charge is -2.00. The number of rotatable bonds is 2. The summed E-state index contributed by atoms with van der Waals surface area (Å²) in [6.45, 7) is 0. The number of benzene rings is 1. The van der Waals surface area contributed by atoms with Gasteiger partial charge in [-0.05, 0) is 0 Å². The molecule has 0 aliphatic heterocycles. The third-order valence-corrected chi connectivity index (χ3v) is 1.63. The highest BCUT2D eigenvalue weighted by Gasteiger charge is 1.99. The Bertz CT molecular complexity index is 338. The van der Waals surface area contributed by atoms with Crippen LogP contribution in [0.4, 0.5) is 0 Å². The van der Waals surface area contributed by atoms with Gasteiger partial charge in [0.2, 0.25) is 0 Å². The summed E-state index contributed by atoms with van der Waals surface area (Å²) in [4.78, 5) is 0. The SMILES string of the molecule is N=C(N)c1ccc(/C(N)=N\N)cc1. The van der Waals surface area contributed by atoms with Crippen LogP contribution in [0.25, 0.3) is 0 Å². The van der Waals surface area contributed by atoms with Gasteiger partial charge in [-0.1, -0.05) is 24.3 Å². The number of nitrogens with two attached hydrogens (primary N) is 3. The first kappa shape index (κ1) is 9.05. The standard InChI is InChI=1S/C8H11N5/c9-7(10)5-1-3-6(4-2-5)8(11)13-12/h1-4H,12H2,(H3,9,10)(H2,11,13). The highest BCUT2D eigenvalue weighted by Crippen LogP contribution is 2.02. The van der Waals surface area contributed by atoms with Crippen molar-refractivity contribution < 1.29 is 0 Å². The molecule has 0 saturated carbocycles. The Hall–Kier alpha value is -2.04. The number of nitrogens with zero attached hydrogens (tertiary/aromatic N) is 1. The van der Waals surface area contributed by atoms with Crippen LogP contribution in [-0.4, -0.2) is 11.7 Å². The van der Waals surface area contributed by atoms with Gasteiger partial charge < -0.3 is 17.3 Å². The molecular weight excluding hydrogens is 166 g/mol. The Balaban J connectivity index is 3.00. The van der Waals surface area contributed by atoms with Crippen molar-refractivity contribution in [3.05, 3.63) is 35.4 Å². The number of hydrazone groups is 1. The normalized spacial score (nSPS) is 11.2. The fourth-order valence-electron chi connectivity index (χ4n) is 0.895. The summed E-state index contributed by atoms with van der Waals surface area (Å²) in [7, 11) is 0. The first-order valence-corrected chi connectivity index (χ1v) is 3.63. The minimum absolute atomic E-state index is 0.0230. The number of amidine groups is 2. The van der Waals surface area contributed by atoms with E-state index in [1.165, 1.54) is 0 Å². The lowest BCUT2D eigenvalue weighted by molar-refractivity contribution is 1.23. The van der Waals surface area contributed by atoms with Crippen LogP contribution in [-0.2, 0) is 0 Å². The monoisotopic (exact) mass is 177 g/mol. The highest BCUT2D eigenvalue weighted by molar-refractivity contribution is 5.99. The van der Waals surface area contributed by atoms with Crippen LogP contribution in [0.3, 0.4) is 0 Å². The summed E-state index contributed by atoms with van der Waals surface area (Å²) in [6, 6.07) is 6.80. The zero-order valence-electron chi connectivity index (χ0n) is 6.99. The van der Waals surface area contributed by atoms with Crippen LogP contribution in [0.2, 0.25) is 0 Å². The van der Waals surface area contributed by atoms with Gasteiger partial charge in [0, 0.05) is 11.1 Å². The second-order valence-electron chi connectivity index (χ2n) is 2.51. The van der Waals surface area contributed by atoms with Crippen LogP contribution in [0.5, 0.6) is 0 Å². The van der Waals surface area contributed by atoms with Gasteiger partial charge in [0.25, 0.3) is 0 Å². The van der Waals surface area contributed by atoms with Gasteiger partial charge in [-0.25, -0.2) is 0 Å². The number of hydrogen-bond donors (Lipinski definition) is 4. The van der Waals surface area contributed by atoms with Crippen molar-refractivity contribution in [1.82, 2.24) is 0 Å². The van der Waals surface area contributed by atoms with E-state index in [-0.39, 0.29) is 11.7 Å². The molecule has 0 fully saturated rings. The third-order valence-electron chi connectivity index (χ3n) is 1.63. The first-order valence-electron chi connectivity index (χ1n) is 3.63. The third kappa shape index (κ3) is 1.96. The maximum Gasteiger partial charge on any atom is 0.150 e. The maximum absolute atomic E-state index is 7.15. The molecule has 68 valence electrons. The maximum atomic E-state index is 7.15. The predicted octanol–water partition coefficient (Wildman–Crippen LogP) is -0.450. The molecule has 0 heterocycles. The van der Waals surface area contributed by atoms with E-state index in [4.69, 9.17) is 22.7 Å². The van der Waals surface area contributed by atoms with Crippen molar-refractivity contribution in [3.8, 4) is 0 Å². The molecule has 0 saturated heterocycles. The van der Waals surface area contributed by atoms with Gasteiger partial charge >= 0.3 is 0 Å². The summed E-state index contributed by atoms with van der Waals surface area (Å²) in [6.07, 6.45) is 0. The lowest BCUT2D eigenvalue weighted by Crippen LogP contribution is -2.16. The van der Waals surface area contributed by atoms with Gasteiger partial charge in [-0.3, -0.25) is 5.41 Å². The molecule has 5 heteroatoms. The molecule has 0 spiro atoms. The van der Waals surface area contributed by atoms with E-state index >= 15 is 0 Å². The Kier molecular flexibility index (Phi) is 2.49. The number of nitrogen functional groups attached to an aromatic ring is 1. The molecule has 0 aliphatic rings. The molecule has 0 unspecified atom stereocenters. The van der Waals surface area contributed by atoms with E-state index in [9.17, 15) is 0 Å². The van der Waals surface area contributed by atoms with Gasteiger partial charge in [0.1, 0.15) is 11.7 Å². The summed E-state index contributed by atoms with van der Waals surface area (Å²) in [5.74, 6) is 5.28. The second-order valence-corrected chi connectivity index (χ2v) is 2.51. The van der Waals surface area contributed by atoms with Crippen molar-refractivity contribution >= 4 is 11.7 Å². The molecule has 1 aromatic rings. The van der Waals surface area contributed by atoms with Crippen LogP contribution in [0, 0.1) is 5.41 Å². The molecule has 0 bridgehead atoms. The van der Waals surface area contributed by atoms with E-state index in [1.807, 2.05) is 0 Å². The average Bonchev–Trinajstić information content (AvgIpc) is 2.17. The fraction of sp³-hybridized carbons (Fsp3) is 0. The molecule has 0 amide bonds. The average molecular weight is 177 g/mol. The molecular formula is C8H11N5. The molecule has 0 radical (unpaired) electrons. The van der Waals surface area contributed by atoms with E-state index in [2.05, 4.69) is 5.10 Å². The van der Waals surface area contributed by atoms with E-state index in [1.54, 1.807) is 24.3 Å². The Morgan fingerprint density at radius 1 is 1.08 bits per heavy atom. The number of nitrogens with one attached hydrogen (secondary N) is 1. The quantitative estimate of drug-likeness (QED) is 0.212. The smallest absolute Gasteiger partial charge is 0.150 e. The summed E-state index contributed by atoms with van der Waals surface area (Å²) < 4.78 is 0. The largest absolute Gasteiger partial charge is 0.384 e. The van der Waals surface area contributed by atoms with Gasteiger partial charge in [0.05, 0.1) is 0 Å². The molecule has 0 atom stereocenters. The van der Waals surface area contributed by atoms with Crippen molar-refractivity contribution in [3.63, 3.8) is 0 Å². The molecule has 1 rings (SSSR count). The topological polar surface area (TPSA) is 114 Å². The summed E-state index contributed by atoms with van der Waals surface area (Å²) in [5.41, 5.74) is 12.1.